The zero-order valence-corrected chi connectivity index (χ0v) is 33.8. The molecule has 0 bridgehead atoms. The normalized spacial score (nSPS) is 25.2. The molecule has 0 amide bonds. The minimum absolute atomic E-state index is 0.133. The quantitative estimate of drug-likeness (QED) is 0.0613. The van der Waals surface area contributed by atoms with Crippen LogP contribution in [-0.2, 0) is 31.7 Å². The minimum Gasteiger partial charge on any atom is -0.497 e. The fraction of sp³-hybridized carbons (Fsp3) is 0.590. The molecular formula is C39H58O11Si2. The number of hydrogen-bond acceptors (Lipinski definition) is 11. The van der Waals surface area contributed by atoms with E-state index in [9.17, 15) is 14.7 Å². The molecule has 2 aromatic carbocycles. The first-order valence-corrected chi connectivity index (χ1v) is 22.8. The minimum atomic E-state index is -2.75. The molecule has 7 unspecified atom stereocenters. The van der Waals surface area contributed by atoms with Crippen molar-refractivity contribution in [2.45, 2.75) is 95.2 Å². The van der Waals surface area contributed by atoms with E-state index in [4.69, 9.17) is 31.6 Å². The summed E-state index contributed by atoms with van der Waals surface area (Å²) in [5.41, 5.74) is 1.22. The van der Waals surface area contributed by atoms with Crippen LogP contribution in [0.4, 0.5) is 0 Å². The Morgan fingerprint density at radius 3 is 2.04 bits per heavy atom. The number of carbonyl (C=O) groups excluding carboxylic acids is 2. The summed E-state index contributed by atoms with van der Waals surface area (Å²) >= 11 is 0. The van der Waals surface area contributed by atoms with Crippen molar-refractivity contribution >= 4 is 35.4 Å². The van der Waals surface area contributed by atoms with Gasteiger partial charge in [-0.05, 0) is 130 Å². The van der Waals surface area contributed by atoms with Crippen molar-refractivity contribution in [3.63, 3.8) is 0 Å². The molecule has 0 radical (unpaired) electrons. The van der Waals surface area contributed by atoms with Crippen molar-refractivity contribution < 1.29 is 51.0 Å². The first-order valence-electron chi connectivity index (χ1n) is 18.4. The maximum atomic E-state index is 12.0. The Labute approximate surface area is 311 Å². The second-order valence-corrected chi connectivity index (χ2v) is 20.9. The van der Waals surface area contributed by atoms with Crippen molar-refractivity contribution in [3.8, 4) is 11.5 Å². The third-order valence-corrected chi connectivity index (χ3v) is 17.8. The highest BCUT2D eigenvalue weighted by molar-refractivity contribution is 6.77. The summed E-state index contributed by atoms with van der Waals surface area (Å²) in [5.74, 6) is 1.93. The van der Waals surface area contributed by atoms with Gasteiger partial charge in [0, 0.05) is 33.4 Å². The van der Waals surface area contributed by atoms with Crippen molar-refractivity contribution in [1.29, 1.82) is 0 Å². The standard InChI is InChI=1S/C21H42O6Si2.C18H16O5/c1-16-14-17(6-8-19(16)22)10-12-28(5,23-2)27-29(24-3,25-4)13-11-18-7-9-20-21(15-18)26-20;1-21-15-10-6-14(7-11-15)18(20)23-16-8-3-13(4-9-16)5-12-17(19)22-2/h16-22H,6-15H2,1-5H3;3-12H,1-2H3. The number of hydrogen-bond donors (Lipinski definition) is 1. The van der Waals surface area contributed by atoms with Crippen LogP contribution in [0.2, 0.25) is 18.6 Å². The monoisotopic (exact) mass is 758 g/mol. The molecule has 0 spiro atoms. The maximum absolute atomic E-state index is 12.0. The summed E-state index contributed by atoms with van der Waals surface area (Å²) in [6.45, 7) is 4.31. The summed E-state index contributed by atoms with van der Waals surface area (Å²) in [5, 5.41) is 10.00. The van der Waals surface area contributed by atoms with Crippen LogP contribution in [0.1, 0.15) is 74.2 Å². The van der Waals surface area contributed by atoms with E-state index < -0.39 is 29.3 Å². The number of aliphatic hydroxyl groups is 1. The van der Waals surface area contributed by atoms with Gasteiger partial charge < -0.3 is 41.4 Å². The van der Waals surface area contributed by atoms with E-state index in [1.165, 1.54) is 32.4 Å². The number of esters is 2. The SMILES string of the molecule is COC(=O)C=Cc1ccc(OC(=O)c2ccc(OC)cc2)cc1.CO[Si](C)(CCC1CCC(O)C(C)C1)O[Si](CCC1CCC2OC2C1)(OC)OC. The second kappa shape index (κ2) is 20.0. The molecule has 1 aliphatic heterocycles. The largest absolute Gasteiger partial charge is 0.497 e. The molecule has 288 valence electrons. The van der Waals surface area contributed by atoms with Crippen molar-refractivity contribution in [2.75, 3.05) is 35.5 Å². The molecule has 1 heterocycles. The first-order chi connectivity index (χ1) is 24.9. The summed E-state index contributed by atoms with van der Waals surface area (Å²) < 4.78 is 45.0. The van der Waals surface area contributed by atoms with Gasteiger partial charge in [-0.25, -0.2) is 9.59 Å². The van der Waals surface area contributed by atoms with Gasteiger partial charge in [-0.1, -0.05) is 19.1 Å². The topological polar surface area (TPSA) is 132 Å². The Bertz CT molecular complexity index is 1430. The number of benzene rings is 2. The molecule has 13 heteroatoms. The lowest BCUT2D eigenvalue weighted by atomic mass is 9.79. The molecule has 2 aliphatic carbocycles. The molecule has 7 atom stereocenters. The van der Waals surface area contributed by atoms with Gasteiger partial charge in [0.25, 0.3) is 0 Å². The number of rotatable bonds is 16. The Hall–Kier alpha value is -2.89. The van der Waals surface area contributed by atoms with E-state index in [1.807, 2.05) is 0 Å². The summed E-state index contributed by atoms with van der Waals surface area (Å²) in [6.07, 6.45) is 12.7. The molecule has 52 heavy (non-hydrogen) atoms. The fourth-order valence-electron chi connectivity index (χ4n) is 7.07. The number of epoxide rings is 1. The summed E-state index contributed by atoms with van der Waals surface area (Å²) in [6, 6.07) is 15.2. The lowest BCUT2D eigenvalue weighted by Crippen LogP contribution is -2.54. The van der Waals surface area contributed by atoms with Crippen LogP contribution in [0.25, 0.3) is 6.08 Å². The van der Waals surface area contributed by atoms with Gasteiger partial charge in [0.05, 0.1) is 38.1 Å². The van der Waals surface area contributed by atoms with Crippen molar-refractivity contribution in [3.05, 3.63) is 65.7 Å². The average Bonchev–Trinajstić information content (AvgIpc) is 3.96. The zero-order chi connectivity index (χ0) is 37.7. The van der Waals surface area contributed by atoms with Gasteiger partial charge in [0.2, 0.25) is 0 Å². The van der Waals surface area contributed by atoms with Gasteiger partial charge in [0.1, 0.15) is 11.5 Å². The highest BCUT2D eigenvalue weighted by atomic mass is 28.5. The molecule has 3 aliphatic rings. The highest BCUT2D eigenvalue weighted by Crippen LogP contribution is 2.42. The smallest absolute Gasteiger partial charge is 0.491 e. The van der Waals surface area contributed by atoms with E-state index >= 15 is 0 Å². The van der Waals surface area contributed by atoms with Crippen molar-refractivity contribution in [2.24, 2.45) is 17.8 Å². The third-order valence-electron chi connectivity index (χ3n) is 10.7. The van der Waals surface area contributed by atoms with Gasteiger partial charge in [-0.3, -0.25) is 0 Å². The fourth-order valence-corrected chi connectivity index (χ4v) is 14.0. The van der Waals surface area contributed by atoms with Gasteiger partial charge in [-0.2, -0.15) is 0 Å². The van der Waals surface area contributed by atoms with E-state index in [0.29, 0.717) is 47.0 Å². The lowest BCUT2D eigenvalue weighted by molar-refractivity contribution is -0.134. The predicted octanol–water partition coefficient (Wildman–Crippen LogP) is 7.20. The van der Waals surface area contributed by atoms with Crippen LogP contribution in [-0.4, -0.2) is 88.3 Å². The predicted molar refractivity (Wildman–Crippen MR) is 202 cm³/mol. The maximum Gasteiger partial charge on any atom is 0.491 e. The van der Waals surface area contributed by atoms with E-state index in [1.54, 1.807) is 83.0 Å². The molecular weight excluding hydrogens is 701 g/mol. The lowest BCUT2D eigenvalue weighted by Gasteiger charge is -2.38. The van der Waals surface area contributed by atoms with Crippen LogP contribution in [0.15, 0.2) is 54.6 Å². The molecule has 11 nitrogen and oxygen atoms in total. The Morgan fingerprint density at radius 1 is 0.808 bits per heavy atom. The summed E-state index contributed by atoms with van der Waals surface area (Å²) in [4.78, 5) is 23.0. The van der Waals surface area contributed by atoms with E-state index in [-0.39, 0.29) is 6.10 Å². The Kier molecular flexibility index (Phi) is 16.1. The number of aliphatic hydroxyl groups excluding tert-OH is 1. The van der Waals surface area contributed by atoms with Crippen LogP contribution in [0, 0.1) is 17.8 Å². The van der Waals surface area contributed by atoms with E-state index in [2.05, 4.69) is 18.2 Å². The van der Waals surface area contributed by atoms with Crippen LogP contribution in [0.5, 0.6) is 11.5 Å². The summed E-state index contributed by atoms with van der Waals surface area (Å²) in [7, 11) is 2.96. The average molecular weight is 759 g/mol. The van der Waals surface area contributed by atoms with E-state index in [0.717, 1.165) is 49.8 Å². The molecule has 2 aromatic rings. The van der Waals surface area contributed by atoms with Gasteiger partial charge >= 0.3 is 29.3 Å². The van der Waals surface area contributed by atoms with Gasteiger partial charge in [0.15, 0.2) is 0 Å². The van der Waals surface area contributed by atoms with Crippen LogP contribution < -0.4 is 9.47 Å². The highest BCUT2D eigenvalue weighted by Gasteiger charge is 2.49. The Morgan fingerprint density at radius 2 is 1.44 bits per heavy atom. The molecule has 5 rings (SSSR count). The number of fused-ring (bicyclic) bond motifs is 1. The van der Waals surface area contributed by atoms with Crippen LogP contribution >= 0.6 is 0 Å². The molecule has 0 aromatic heterocycles. The molecule has 2 saturated carbocycles. The first kappa shape index (κ1) is 41.9. The second-order valence-electron chi connectivity index (χ2n) is 14.3. The number of carbonyl (C=O) groups is 2. The van der Waals surface area contributed by atoms with Crippen LogP contribution in [0.3, 0.4) is 0 Å². The molecule has 3 fully saturated rings. The van der Waals surface area contributed by atoms with Crippen molar-refractivity contribution in [1.82, 2.24) is 0 Å². The van der Waals surface area contributed by atoms with Gasteiger partial charge in [-0.15, -0.1) is 0 Å². The number of ether oxygens (including phenoxy) is 4. The molecule has 1 N–H and O–H groups in total. The number of methoxy groups -OCH3 is 2. The zero-order valence-electron chi connectivity index (χ0n) is 31.8. The Balaban J connectivity index is 0.000000239. The third kappa shape index (κ3) is 12.6. The molecule has 1 saturated heterocycles.